The van der Waals surface area contributed by atoms with Crippen LogP contribution < -0.4 is 11.2 Å². The van der Waals surface area contributed by atoms with Crippen molar-refractivity contribution in [2.75, 3.05) is 6.54 Å². The molecule has 1 aromatic carbocycles. The molecule has 27 heavy (non-hydrogen) atoms. The molecule has 0 aliphatic carbocycles. The minimum Gasteiger partial charge on any atom is -0.337 e. The van der Waals surface area contributed by atoms with Crippen LogP contribution in [-0.2, 0) is 11.2 Å². The molecule has 138 valence electrons. The quantitative estimate of drug-likeness (QED) is 0.709. The Morgan fingerprint density at radius 2 is 2.07 bits per heavy atom. The van der Waals surface area contributed by atoms with Gasteiger partial charge in [-0.05, 0) is 12.8 Å². The van der Waals surface area contributed by atoms with Crippen LogP contribution in [0.3, 0.4) is 0 Å². The number of aromatic amines is 2. The summed E-state index contributed by atoms with van der Waals surface area (Å²) in [6.07, 6.45) is 2.68. The highest BCUT2D eigenvalue weighted by Crippen LogP contribution is 2.32. The van der Waals surface area contributed by atoms with Crippen LogP contribution in [0.5, 0.6) is 0 Å². The number of hydrogen-bond donors (Lipinski definition) is 2. The van der Waals surface area contributed by atoms with Gasteiger partial charge < -0.3 is 14.4 Å². The van der Waals surface area contributed by atoms with E-state index in [2.05, 4.69) is 20.1 Å². The molecule has 1 aliphatic rings. The zero-order valence-electron chi connectivity index (χ0n) is 14.3. The van der Waals surface area contributed by atoms with Gasteiger partial charge in [0.15, 0.2) is 0 Å². The number of amides is 1. The fraction of sp³-hybridized carbons (Fsp3) is 0.278. The Balaban J connectivity index is 1.54. The topological polar surface area (TPSA) is 125 Å². The van der Waals surface area contributed by atoms with E-state index in [0.29, 0.717) is 24.7 Å². The van der Waals surface area contributed by atoms with Crippen molar-refractivity contribution in [1.29, 1.82) is 0 Å². The minimum atomic E-state index is -0.602. The summed E-state index contributed by atoms with van der Waals surface area (Å²) in [4.78, 5) is 46.2. The number of nitrogens with zero attached hydrogens (tertiary/aromatic N) is 3. The third-order valence-electron chi connectivity index (χ3n) is 4.57. The lowest BCUT2D eigenvalue weighted by atomic mass is 10.2. The Hall–Kier alpha value is -3.49. The van der Waals surface area contributed by atoms with E-state index in [9.17, 15) is 14.4 Å². The van der Waals surface area contributed by atoms with E-state index >= 15 is 0 Å². The molecule has 1 aliphatic heterocycles. The van der Waals surface area contributed by atoms with Gasteiger partial charge in [0.25, 0.3) is 5.56 Å². The van der Waals surface area contributed by atoms with E-state index in [0.717, 1.165) is 12.0 Å². The molecule has 4 rings (SSSR count). The molecule has 0 spiro atoms. The molecule has 0 unspecified atom stereocenters. The molecule has 3 heterocycles. The van der Waals surface area contributed by atoms with Crippen molar-refractivity contribution >= 4 is 5.91 Å². The third kappa shape index (κ3) is 3.43. The van der Waals surface area contributed by atoms with Crippen molar-refractivity contribution in [2.45, 2.75) is 25.3 Å². The molecule has 0 bridgehead atoms. The van der Waals surface area contributed by atoms with Crippen LogP contribution in [0.1, 0.15) is 30.3 Å². The highest BCUT2D eigenvalue weighted by atomic mass is 16.5. The second-order valence-corrected chi connectivity index (χ2v) is 6.34. The van der Waals surface area contributed by atoms with E-state index in [1.54, 1.807) is 4.90 Å². The smallest absolute Gasteiger partial charge is 0.325 e. The van der Waals surface area contributed by atoms with Crippen LogP contribution in [-0.4, -0.2) is 37.5 Å². The summed E-state index contributed by atoms with van der Waals surface area (Å²) in [7, 11) is 0. The van der Waals surface area contributed by atoms with Crippen molar-refractivity contribution < 1.29 is 9.32 Å². The second-order valence-electron chi connectivity index (χ2n) is 6.34. The lowest BCUT2D eigenvalue weighted by Gasteiger charge is -2.21. The first-order valence-corrected chi connectivity index (χ1v) is 8.61. The maximum absolute atomic E-state index is 12.7. The van der Waals surface area contributed by atoms with Crippen molar-refractivity contribution in [3.8, 4) is 11.4 Å². The van der Waals surface area contributed by atoms with Crippen LogP contribution >= 0.6 is 0 Å². The standard InChI is InChI=1S/C18H17N5O4/c24-14(9-12-10-19-18(26)21-16(12)25)23-8-4-7-13(23)17-20-15(22-27-17)11-5-2-1-3-6-11/h1-3,5-6,10,13H,4,7-9H2,(H2,19,21,25,26)/t13-/m0/s1. The van der Waals surface area contributed by atoms with Crippen molar-refractivity contribution in [2.24, 2.45) is 0 Å². The van der Waals surface area contributed by atoms with Gasteiger partial charge in [0.1, 0.15) is 6.04 Å². The van der Waals surface area contributed by atoms with Gasteiger partial charge >= 0.3 is 5.69 Å². The molecule has 1 atom stereocenters. The number of rotatable bonds is 4. The molecule has 9 heteroatoms. The van der Waals surface area contributed by atoms with Gasteiger partial charge in [0.05, 0.1) is 6.42 Å². The Morgan fingerprint density at radius 3 is 2.85 bits per heavy atom. The number of likely N-dealkylation sites (tertiary alicyclic amines) is 1. The van der Waals surface area contributed by atoms with Crippen LogP contribution in [0.2, 0.25) is 0 Å². The fourth-order valence-corrected chi connectivity index (χ4v) is 3.23. The zero-order chi connectivity index (χ0) is 18.8. The lowest BCUT2D eigenvalue weighted by Crippen LogP contribution is -2.34. The molecule has 2 N–H and O–H groups in total. The van der Waals surface area contributed by atoms with E-state index in [-0.39, 0.29) is 23.9 Å². The first-order valence-electron chi connectivity index (χ1n) is 8.61. The monoisotopic (exact) mass is 367 g/mol. The molecule has 2 aromatic heterocycles. The van der Waals surface area contributed by atoms with Crippen LogP contribution in [0.25, 0.3) is 11.4 Å². The molecular weight excluding hydrogens is 350 g/mol. The summed E-state index contributed by atoms with van der Waals surface area (Å²) in [5.41, 5.74) is -0.120. The third-order valence-corrected chi connectivity index (χ3v) is 4.57. The largest absolute Gasteiger partial charge is 0.337 e. The van der Waals surface area contributed by atoms with Gasteiger partial charge in [-0.1, -0.05) is 35.5 Å². The van der Waals surface area contributed by atoms with E-state index in [1.165, 1.54) is 6.20 Å². The molecule has 1 fully saturated rings. The zero-order valence-corrected chi connectivity index (χ0v) is 14.3. The average molecular weight is 367 g/mol. The van der Waals surface area contributed by atoms with Crippen molar-refractivity contribution in [1.82, 2.24) is 25.0 Å². The highest BCUT2D eigenvalue weighted by Gasteiger charge is 2.34. The van der Waals surface area contributed by atoms with Gasteiger partial charge in [-0.2, -0.15) is 4.98 Å². The first-order chi connectivity index (χ1) is 13.1. The van der Waals surface area contributed by atoms with Gasteiger partial charge in [-0.3, -0.25) is 14.6 Å². The van der Waals surface area contributed by atoms with Crippen LogP contribution in [0.4, 0.5) is 0 Å². The maximum Gasteiger partial charge on any atom is 0.325 e. The number of nitrogens with one attached hydrogen (secondary N) is 2. The predicted octanol–water partition coefficient (Wildman–Crippen LogP) is 1.02. The Bertz CT molecular complexity index is 1070. The summed E-state index contributed by atoms with van der Waals surface area (Å²) in [6, 6.07) is 9.13. The van der Waals surface area contributed by atoms with Crippen molar-refractivity contribution in [3.63, 3.8) is 0 Å². The molecule has 1 amide bonds. The summed E-state index contributed by atoms with van der Waals surface area (Å²) >= 11 is 0. The van der Waals surface area contributed by atoms with Crippen LogP contribution in [0.15, 0.2) is 50.6 Å². The maximum atomic E-state index is 12.7. The highest BCUT2D eigenvalue weighted by molar-refractivity contribution is 5.79. The number of H-pyrrole nitrogens is 2. The van der Waals surface area contributed by atoms with E-state index in [4.69, 9.17) is 4.52 Å². The molecular formula is C18H17N5O4. The Morgan fingerprint density at radius 1 is 1.26 bits per heavy atom. The van der Waals surface area contributed by atoms with Gasteiger partial charge in [0.2, 0.25) is 17.6 Å². The SMILES string of the molecule is O=C(Cc1c[nH]c(=O)[nH]c1=O)N1CCC[C@H]1c1nc(-c2ccccc2)no1. The van der Waals surface area contributed by atoms with E-state index < -0.39 is 11.2 Å². The first kappa shape index (κ1) is 17.0. The van der Waals surface area contributed by atoms with Crippen molar-refractivity contribution in [3.05, 3.63) is 68.8 Å². The van der Waals surface area contributed by atoms with Crippen LogP contribution in [0, 0.1) is 0 Å². The fourth-order valence-electron chi connectivity index (χ4n) is 3.23. The number of carbonyl (C=O) groups excluding carboxylic acids is 1. The molecule has 9 nitrogen and oxygen atoms in total. The Kier molecular flexibility index (Phi) is 4.41. The number of aromatic nitrogens is 4. The summed E-state index contributed by atoms with van der Waals surface area (Å²) in [5, 5.41) is 4.01. The molecule has 0 radical (unpaired) electrons. The number of hydrogen-bond acceptors (Lipinski definition) is 6. The predicted molar refractivity (Wildman–Crippen MR) is 94.8 cm³/mol. The number of benzene rings is 1. The van der Waals surface area contributed by atoms with Gasteiger partial charge in [-0.25, -0.2) is 4.79 Å². The average Bonchev–Trinajstić information content (AvgIpc) is 3.33. The normalized spacial score (nSPS) is 16.6. The Labute approximate surface area is 153 Å². The second kappa shape index (κ2) is 7.02. The number of carbonyl (C=O) groups is 1. The summed E-state index contributed by atoms with van der Waals surface area (Å²) in [5.74, 6) is 0.631. The van der Waals surface area contributed by atoms with Gasteiger partial charge in [-0.15, -0.1) is 0 Å². The van der Waals surface area contributed by atoms with E-state index in [1.807, 2.05) is 30.3 Å². The molecule has 1 saturated heterocycles. The summed E-state index contributed by atoms with van der Waals surface area (Å²) < 4.78 is 5.40. The minimum absolute atomic E-state index is 0.109. The molecule has 3 aromatic rings. The lowest BCUT2D eigenvalue weighted by molar-refractivity contribution is -0.131. The summed E-state index contributed by atoms with van der Waals surface area (Å²) in [6.45, 7) is 0.549. The molecule has 0 saturated carbocycles. The van der Waals surface area contributed by atoms with Gasteiger partial charge in [0, 0.05) is 23.9 Å².